The topological polar surface area (TPSA) is 37.4 Å². The summed E-state index contributed by atoms with van der Waals surface area (Å²) in [6.45, 7) is 0.122. The van der Waals surface area contributed by atoms with E-state index in [-0.39, 0.29) is 35.3 Å². The zero-order valence-electron chi connectivity index (χ0n) is 9.63. The highest BCUT2D eigenvalue weighted by molar-refractivity contribution is 9.10. The highest BCUT2D eigenvalue weighted by Gasteiger charge is 2.34. The first-order valence-electron chi connectivity index (χ1n) is 5.48. The molecule has 1 amide bonds. The van der Waals surface area contributed by atoms with Gasteiger partial charge in [0.2, 0.25) is 5.91 Å². The summed E-state index contributed by atoms with van der Waals surface area (Å²) >= 11 is 2.84. The van der Waals surface area contributed by atoms with Crippen LogP contribution in [0, 0.1) is 0 Å². The summed E-state index contributed by atoms with van der Waals surface area (Å²) in [4.78, 5) is 24.0. The third kappa shape index (κ3) is 2.97. The van der Waals surface area contributed by atoms with Gasteiger partial charge in [-0.1, -0.05) is 15.9 Å². The Kier molecular flexibility index (Phi) is 3.66. The van der Waals surface area contributed by atoms with Crippen LogP contribution in [0.4, 0.5) is 18.9 Å². The van der Waals surface area contributed by atoms with Crippen molar-refractivity contribution in [1.29, 1.82) is 0 Å². The van der Waals surface area contributed by atoms with Crippen LogP contribution in [-0.4, -0.2) is 18.2 Å². The number of halogens is 4. The second-order valence-electron chi connectivity index (χ2n) is 4.17. The number of ketones is 1. The molecule has 2 rings (SSSR count). The van der Waals surface area contributed by atoms with E-state index in [0.717, 1.165) is 6.07 Å². The molecule has 0 aliphatic carbocycles. The zero-order valence-corrected chi connectivity index (χ0v) is 11.2. The number of nitrogens with zero attached hydrogens (tertiary/aromatic N) is 1. The summed E-state index contributed by atoms with van der Waals surface area (Å²) in [5, 5.41) is 0. The molecule has 0 aromatic heterocycles. The number of rotatable bonds is 1. The van der Waals surface area contributed by atoms with Gasteiger partial charge in [0.05, 0.1) is 12.0 Å². The van der Waals surface area contributed by atoms with Crippen LogP contribution in [0.1, 0.15) is 18.4 Å². The van der Waals surface area contributed by atoms with Crippen LogP contribution in [0.15, 0.2) is 22.7 Å². The van der Waals surface area contributed by atoms with E-state index in [9.17, 15) is 22.8 Å². The molecule has 1 aromatic rings. The van der Waals surface area contributed by atoms with Crippen molar-refractivity contribution in [1.82, 2.24) is 0 Å². The molecule has 7 heteroatoms. The van der Waals surface area contributed by atoms with Gasteiger partial charge in [-0.05, 0) is 18.2 Å². The molecular weight excluding hydrogens is 327 g/mol. The van der Waals surface area contributed by atoms with Gasteiger partial charge < -0.3 is 4.90 Å². The summed E-state index contributed by atoms with van der Waals surface area (Å²) in [5.74, 6) is -0.652. The van der Waals surface area contributed by atoms with Gasteiger partial charge in [0.25, 0.3) is 0 Å². The minimum absolute atomic E-state index is 0.0794. The molecule has 1 heterocycles. The Morgan fingerprint density at radius 2 is 1.89 bits per heavy atom. The minimum Gasteiger partial charge on any atom is -0.312 e. The number of alkyl halides is 3. The Bertz CT molecular complexity index is 542. The largest absolute Gasteiger partial charge is 0.417 e. The second-order valence-corrected chi connectivity index (χ2v) is 5.03. The second kappa shape index (κ2) is 4.96. The third-order valence-electron chi connectivity index (χ3n) is 2.83. The van der Waals surface area contributed by atoms with E-state index >= 15 is 0 Å². The van der Waals surface area contributed by atoms with E-state index in [2.05, 4.69) is 15.9 Å². The molecule has 0 spiro atoms. The molecular formula is C12H9BrF3NO2. The zero-order chi connectivity index (χ0) is 14.2. The van der Waals surface area contributed by atoms with E-state index in [1.807, 2.05) is 0 Å². The maximum atomic E-state index is 12.8. The molecule has 1 saturated heterocycles. The number of hydrogen-bond acceptors (Lipinski definition) is 2. The normalized spacial score (nSPS) is 16.9. The van der Waals surface area contributed by atoms with Gasteiger partial charge in [-0.2, -0.15) is 13.2 Å². The van der Waals surface area contributed by atoms with Crippen LogP contribution in [0.5, 0.6) is 0 Å². The number of Topliss-reactive ketones (excluding diaryl/α,β-unsaturated/α-hetero) is 1. The van der Waals surface area contributed by atoms with Gasteiger partial charge in [-0.3, -0.25) is 9.59 Å². The average molecular weight is 336 g/mol. The summed E-state index contributed by atoms with van der Waals surface area (Å²) in [5.41, 5.74) is -0.678. The van der Waals surface area contributed by atoms with Crippen molar-refractivity contribution in [2.45, 2.75) is 19.0 Å². The molecule has 19 heavy (non-hydrogen) atoms. The summed E-state index contributed by atoms with van der Waals surface area (Å²) in [6.07, 6.45) is -4.58. The lowest BCUT2D eigenvalue weighted by Gasteiger charge is -2.27. The number of carbonyl (C=O) groups is 2. The molecule has 0 radical (unpaired) electrons. The van der Waals surface area contributed by atoms with Crippen molar-refractivity contribution >= 4 is 33.3 Å². The van der Waals surface area contributed by atoms with Gasteiger partial charge in [0.15, 0.2) is 0 Å². The Morgan fingerprint density at radius 3 is 2.47 bits per heavy atom. The van der Waals surface area contributed by atoms with Crippen LogP contribution in [0.3, 0.4) is 0 Å². The number of amides is 1. The fourth-order valence-electron chi connectivity index (χ4n) is 1.89. The molecule has 1 aliphatic heterocycles. The van der Waals surface area contributed by atoms with Crippen molar-refractivity contribution in [3.05, 3.63) is 28.2 Å². The summed E-state index contributed by atoms with van der Waals surface area (Å²) in [7, 11) is 0. The molecule has 3 nitrogen and oxygen atoms in total. The van der Waals surface area contributed by atoms with Crippen LogP contribution in [-0.2, 0) is 15.8 Å². The van der Waals surface area contributed by atoms with Gasteiger partial charge in [0.1, 0.15) is 5.78 Å². The van der Waals surface area contributed by atoms with Gasteiger partial charge >= 0.3 is 6.18 Å². The van der Waals surface area contributed by atoms with Crippen molar-refractivity contribution in [2.24, 2.45) is 0 Å². The SMILES string of the molecule is O=C1CCN(c2ccc(Br)c(C(F)(F)F)c2)C(=O)C1. The van der Waals surface area contributed by atoms with Crippen LogP contribution in [0.2, 0.25) is 0 Å². The lowest BCUT2D eigenvalue weighted by atomic mass is 10.1. The van der Waals surface area contributed by atoms with E-state index in [1.165, 1.54) is 17.0 Å². The number of anilines is 1. The monoisotopic (exact) mass is 335 g/mol. The predicted molar refractivity (Wildman–Crippen MR) is 65.7 cm³/mol. The van der Waals surface area contributed by atoms with Crippen LogP contribution >= 0.6 is 15.9 Å². The Hall–Kier alpha value is -1.37. The molecule has 0 unspecified atom stereocenters. The average Bonchev–Trinajstić information content (AvgIpc) is 2.29. The summed E-state index contributed by atoms with van der Waals surface area (Å²) < 4.78 is 38.2. The first-order valence-corrected chi connectivity index (χ1v) is 6.27. The third-order valence-corrected chi connectivity index (χ3v) is 3.52. The summed E-state index contributed by atoms with van der Waals surface area (Å²) in [6, 6.07) is 3.59. The minimum atomic E-state index is -4.50. The molecule has 0 atom stereocenters. The Labute approximate surface area is 115 Å². The lowest BCUT2D eigenvalue weighted by molar-refractivity contribution is -0.138. The number of hydrogen-bond donors (Lipinski definition) is 0. The molecule has 0 N–H and O–H groups in total. The van der Waals surface area contributed by atoms with Crippen molar-refractivity contribution in [3.8, 4) is 0 Å². The smallest absolute Gasteiger partial charge is 0.312 e. The molecule has 0 bridgehead atoms. The van der Waals surface area contributed by atoms with Crippen LogP contribution < -0.4 is 4.90 Å². The Morgan fingerprint density at radius 1 is 1.21 bits per heavy atom. The van der Waals surface area contributed by atoms with Gasteiger partial charge in [-0.25, -0.2) is 0 Å². The fourth-order valence-corrected chi connectivity index (χ4v) is 2.36. The molecule has 1 aliphatic rings. The maximum Gasteiger partial charge on any atom is 0.417 e. The lowest BCUT2D eigenvalue weighted by Crippen LogP contribution is -2.39. The maximum absolute atomic E-state index is 12.8. The standard InChI is InChI=1S/C12H9BrF3NO2/c13-10-2-1-7(5-9(10)12(14,15)16)17-4-3-8(18)6-11(17)19/h1-2,5H,3-4,6H2. The fraction of sp³-hybridized carbons (Fsp3) is 0.333. The van der Waals surface area contributed by atoms with E-state index < -0.39 is 17.6 Å². The van der Waals surface area contributed by atoms with Crippen molar-refractivity contribution in [2.75, 3.05) is 11.4 Å². The van der Waals surface area contributed by atoms with E-state index in [0.29, 0.717) is 0 Å². The number of benzene rings is 1. The molecule has 1 fully saturated rings. The van der Waals surface area contributed by atoms with E-state index in [1.54, 1.807) is 0 Å². The van der Waals surface area contributed by atoms with E-state index in [4.69, 9.17) is 0 Å². The predicted octanol–water partition coefficient (Wildman–Crippen LogP) is 3.16. The number of carbonyl (C=O) groups excluding carboxylic acids is 2. The molecule has 0 saturated carbocycles. The highest BCUT2D eigenvalue weighted by Crippen LogP contribution is 2.37. The van der Waals surface area contributed by atoms with Crippen molar-refractivity contribution in [3.63, 3.8) is 0 Å². The highest BCUT2D eigenvalue weighted by atomic mass is 79.9. The van der Waals surface area contributed by atoms with Gasteiger partial charge in [-0.15, -0.1) is 0 Å². The van der Waals surface area contributed by atoms with Crippen LogP contribution in [0.25, 0.3) is 0 Å². The van der Waals surface area contributed by atoms with Crippen molar-refractivity contribution < 1.29 is 22.8 Å². The number of piperidine rings is 1. The molecule has 1 aromatic carbocycles. The first-order chi connectivity index (χ1) is 8.79. The Balaban J connectivity index is 2.36. The van der Waals surface area contributed by atoms with Gasteiger partial charge in [0, 0.05) is 23.1 Å². The quantitative estimate of drug-likeness (QED) is 0.739. The first kappa shape index (κ1) is 14.0. The molecule has 102 valence electrons.